The Morgan fingerprint density at radius 3 is 1.79 bits per heavy atom. The van der Waals surface area contributed by atoms with Gasteiger partial charge in [-0.3, -0.25) is 4.79 Å². The Morgan fingerprint density at radius 1 is 0.792 bits per heavy atom. The summed E-state index contributed by atoms with van der Waals surface area (Å²) in [6.45, 7) is 1.98. The van der Waals surface area contributed by atoms with Crippen molar-refractivity contribution < 1.29 is 24.9 Å². The number of carbonyl (C=O) groups excluding carboxylic acids is 1. The largest absolute Gasteiger partial charge is 0.469 e. The third-order valence-electron chi connectivity index (χ3n) is 4.56. The molecule has 24 heavy (non-hydrogen) atoms. The molecule has 0 aliphatic heterocycles. The first-order valence-corrected chi connectivity index (χ1v) is 9.62. The molecule has 0 heterocycles. The van der Waals surface area contributed by atoms with Crippen LogP contribution < -0.4 is 0 Å². The molecule has 3 unspecified atom stereocenters. The number of hydrogen-bond acceptors (Lipinski definition) is 5. The Morgan fingerprint density at radius 2 is 1.25 bits per heavy atom. The highest BCUT2D eigenvalue weighted by atomic mass is 16.5. The van der Waals surface area contributed by atoms with Crippen molar-refractivity contribution in [2.75, 3.05) is 7.11 Å². The van der Waals surface area contributed by atoms with E-state index in [2.05, 4.69) is 4.74 Å². The molecule has 0 bridgehead atoms. The van der Waals surface area contributed by atoms with Crippen LogP contribution in [0.25, 0.3) is 0 Å². The quantitative estimate of drug-likeness (QED) is 0.295. The second-order valence-corrected chi connectivity index (χ2v) is 6.72. The van der Waals surface area contributed by atoms with Crippen LogP contribution in [0.2, 0.25) is 0 Å². The van der Waals surface area contributed by atoms with Gasteiger partial charge in [-0.05, 0) is 32.1 Å². The number of aliphatic hydroxyl groups is 3. The molecule has 3 atom stereocenters. The van der Waals surface area contributed by atoms with E-state index in [1.54, 1.807) is 0 Å². The van der Waals surface area contributed by atoms with Crippen LogP contribution in [0.1, 0.15) is 90.4 Å². The molecule has 0 spiro atoms. The zero-order chi connectivity index (χ0) is 18.2. The third kappa shape index (κ3) is 13.8. The number of ether oxygens (including phenoxy) is 1. The Hall–Kier alpha value is -0.650. The van der Waals surface area contributed by atoms with Gasteiger partial charge in [-0.25, -0.2) is 0 Å². The molecule has 5 nitrogen and oxygen atoms in total. The number of esters is 1. The summed E-state index contributed by atoms with van der Waals surface area (Å²) in [6, 6.07) is 0. The number of aliphatic hydroxyl groups excluding tert-OH is 3. The van der Waals surface area contributed by atoms with Crippen LogP contribution >= 0.6 is 0 Å². The van der Waals surface area contributed by atoms with Gasteiger partial charge in [0, 0.05) is 6.42 Å². The Labute approximate surface area is 147 Å². The average molecular weight is 347 g/mol. The highest BCUT2D eigenvalue weighted by molar-refractivity contribution is 5.68. The molecule has 0 rings (SSSR count). The maximum Gasteiger partial charge on any atom is 0.305 e. The molecular formula is C19H38O5. The summed E-state index contributed by atoms with van der Waals surface area (Å²) in [6.07, 6.45) is 9.54. The lowest BCUT2D eigenvalue weighted by Gasteiger charge is -2.17. The molecule has 3 N–H and O–H groups in total. The van der Waals surface area contributed by atoms with Gasteiger partial charge in [-0.2, -0.15) is 0 Å². The van der Waals surface area contributed by atoms with E-state index < -0.39 is 12.2 Å². The van der Waals surface area contributed by atoms with Crippen LogP contribution in [0.4, 0.5) is 0 Å². The fourth-order valence-electron chi connectivity index (χ4n) is 2.75. The minimum atomic E-state index is -0.638. The van der Waals surface area contributed by atoms with E-state index in [1.807, 2.05) is 6.92 Å². The molecule has 0 saturated heterocycles. The van der Waals surface area contributed by atoms with Crippen molar-refractivity contribution in [2.24, 2.45) is 0 Å². The van der Waals surface area contributed by atoms with Gasteiger partial charge >= 0.3 is 5.97 Å². The third-order valence-corrected chi connectivity index (χ3v) is 4.56. The molecule has 0 fully saturated rings. The predicted octanol–water partition coefficient (Wildman–Crippen LogP) is 3.33. The molecule has 0 aliphatic carbocycles. The van der Waals surface area contributed by atoms with E-state index in [9.17, 15) is 20.1 Å². The summed E-state index contributed by atoms with van der Waals surface area (Å²) >= 11 is 0. The van der Waals surface area contributed by atoms with Gasteiger partial charge < -0.3 is 20.1 Å². The fraction of sp³-hybridized carbons (Fsp3) is 0.947. The molecule has 0 aromatic carbocycles. The average Bonchev–Trinajstić information content (AvgIpc) is 2.59. The lowest BCUT2D eigenvalue weighted by atomic mass is 9.99. The molecule has 5 heteroatoms. The lowest BCUT2D eigenvalue weighted by molar-refractivity contribution is -0.140. The topological polar surface area (TPSA) is 87.0 Å². The van der Waals surface area contributed by atoms with Gasteiger partial charge in [0.25, 0.3) is 0 Å². The molecule has 0 aromatic rings. The monoisotopic (exact) mass is 346 g/mol. The SMILES string of the molecule is CCC(O)CCCCCC(O)C(O)CCCCCCCC(=O)OC. The summed E-state index contributed by atoms with van der Waals surface area (Å²) in [5.41, 5.74) is 0. The molecular weight excluding hydrogens is 308 g/mol. The summed E-state index contributed by atoms with van der Waals surface area (Å²) in [7, 11) is 1.41. The summed E-state index contributed by atoms with van der Waals surface area (Å²) in [5, 5.41) is 29.4. The number of hydrogen-bond donors (Lipinski definition) is 3. The highest BCUT2D eigenvalue weighted by Gasteiger charge is 2.15. The van der Waals surface area contributed by atoms with Gasteiger partial charge in [0.1, 0.15) is 0 Å². The van der Waals surface area contributed by atoms with Crippen LogP contribution in [0.5, 0.6) is 0 Å². The van der Waals surface area contributed by atoms with E-state index in [4.69, 9.17) is 0 Å². The van der Waals surface area contributed by atoms with Crippen molar-refractivity contribution in [3.63, 3.8) is 0 Å². The summed E-state index contributed by atoms with van der Waals surface area (Å²) < 4.78 is 4.59. The molecule has 0 aliphatic rings. The summed E-state index contributed by atoms with van der Waals surface area (Å²) in [5.74, 6) is -0.155. The van der Waals surface area contributed by atoms with E-state index in [0.717, 1.165) is 64.2 Å². The first-order valence-electron chi connectivity index (χ1n) is 9.62. The minimum Gasteiger partial charge on any atom is -0.469 e. The zero-order valence-corrected chi connectivity index (χ0v) is 15.6. The van der Waals surface area contributed by atoms with Crippen LogP contribution in [-0.2, 0) is 9.53 Å². The van der Waals surface area contributed by atoms with Crippen molar-refractivity contribution in [3.8, 4) is 0 Å². The second-order valence-electron chi connectivity index (χ2n) is 6.72. The molecule has 0 aromatic heterocycles. The maximum atomic E-state index is 10.9. The van der Waals surface area contributed by atoms with Crippen LogP contribution in [-0.4, -0.2) is 46.7 Å². The smallest absolute Gasteiger partial charge is 0.305 e. The lowest BCUT2D eigenvalue weighted by Crippen LogP contribution is -2.25. The second kappa shape index (κ2) is 15.9. The fourth-order valence-corrected chi connectivity index (χ4v) is 2.75. The maximum absolute atomic E-state index is 10.9. The molecule has 144 valence electrons. The van der Waals surface area contributed by atoms with Crippen molar-refractivity contribution in [1.82, 2.24) is 0 Å². The summed E-state index contributed by atoms with van der Waals surface area (Å²) in [4.78, 5) is 10.9. The van der Waals surface area contributed by atoms with E-state index in [1.165, 1.54) is 7.11 Å². The van der Waals surface area contributed by atoms with Crippen LogP contribution in [0.15, 0.2) is 0 Å². The molecule has 0 radical (unpaired) electrons. The van der Waals surface area contributed by atoms with Gasteiger partial charge in [-0.15, -0.1) is 0 Å². The minimum absolute atomic E-state index is 0.155. The van der Waals surface area contributed by atoms with Gasteiger partial charge in [0.15, 0.2) is 0 Å². The standard InChI is InChI=1S/C19H38O5/c1-3-16(20)12-8-7-10-14-18(22)17(21)13-9-5-4-6-11-15-19(23)24-2/h16-18,20-22H,3-15H2,1-2H3. The van der Waals surface area contributed by atoms with Crippen molar-refractivity contribution in [3.05, 3.63) is 0 Å². The first-order chi connectivity index (χ1) is 11.5. The predicted molar refractivity (Wildman–Crippen MR) is 95.7 cm³/mol. The van der Waals surface area contributed by atoms with E-state index in [-0.39, 0.29) is 12.1 Å². The van der Waals surface area contributed by atoms with Gasteiger partial charge in [-0.1, -0.05) is 51.9 Å². The molecule has 0 saturated carbocycles. The normalized spacial score (nSPS) is 15.0. The number of methoxy groups -OCH3 is 1. The number of unbranched alkanes of at least 4 members (excludes halogenated alkanes) is 6. The number of carbonyl (C=O) groups is 1. The van der Waals surface area contributed by atoms with E-state index >= 15 is 0 Å². The Kier molecular flexibility index (Phi) is 15.4. The van der Waals surface area contributed by atoms with Crippen LogP contribution in [0, 0.1) is 0 Å². The zero-order valence-electron chi connectivity index (χ0n) is 15.6. The Bertz CT molecular complexity index is 295. The van der Waals surface area contributed by atoms with E-state index in [0.29, 0.717) is 19.3 Å². The van der Waals surface area contributed by atoms with Crippen molar-refractivity contribution >= 4 is 5.97 Å². The van der Waals surface area contributed by atoms with Gasteiger partial charge in [0.05, 0.1) is 25.4 Å². The Balaban J connectivity index is 3.45. The number of rotatable bonds is 16. The van der Waals surface area contributed by atoms with Crippen molar-refractivity contribution in [1.29, 1.82) is 0 Å². The molecule has 0 amide bonds. The highest BCUT2D eigenvalue weighted by Crippen LogP contribution is 2.15. The first kappa shape index (κ1) is 23.4. The van der Waals surface area contributed by atoms with Crippen molar-refractivity contribution in [2.45, 2.75) is 109 Å². The van der Waals surface area contributed by atoms with Crippen LogP contribution in [0.3, 0.4) is 0 Å². The van der Waals surface area contributed by atoms with Gasteiger partial charge in [0.2, 0.25) is 0 Å².